The molecule has 0 spiro atoms. The Morgan fingerprint density at radius 3 is 1.98 bits per heavy atom. The standard InChI is InChI=1S/C38H69NO13/c1-15-26-38(10,45)31(42)21(4)28(40)19(2)17-37(9,47-14)33(52-35-29(41)25(39(11)12)16-20(3)48-35)22(5)30(23(6)34(44)50-26)51-27-18-36(8,46-13)32(43)24(7)49-27/h19-27,29-33,35,41-43,45H,15-18H2,1-14H3/t19-,20-,21+,22-,23-,24+,25+,26-,27+,29-,30-,31+,32+,33-,35+,36-,37+,38-/m1/s1. The maximum atomic E-state index is 14.2. The monoisotopic (exact) mass is 747 g/mol. The van der Waals surface area contributed by atoms with E-state index in [1.165, 1.54) is 21.1 Å². The topological polar surface area (TPSA) is 183 Å². The van der Waals surface area contributed by atoms with Crippen LogP contribution in [0.5, 0.6) is 0 Å². The van der Waals surface area contributed by atoms with Gasteiger partial charge in [0.25, 0.3) is 0 Å². The summed E-state index contributed by atoms with van der Waals surface area (Å²) in [5, 5.41) is 45.6. The zero-order valence-corrected chi connectivity index (χ0v) is 33.9. The third kappa shape index (κ3) is 9.38. The molecule has 0 aromatic rings. The van der Waals surface area contributed by atoms with E-state index in [-0.39, 0.29) is 37.2 Å². The highest BCUT2D eigenvalue weighted by atomic mass is 16.7. The Balaban J connectivity index is 2.22. The summed E-state index contributed by atoms with van der Waals surface area (Å²) in [6, 6.07) is -0.283. The van der Waals surface area contributed by atoms with Crippen LogP contribution in [-0.4, -0.2) is 150 Å². The number of hydrogen-bond acceptors (Lipinski definition) is 14. The Labute approximate surface area is 310 Å². The number of aliphatic hydroxyl groups is 4. The molecule has 0 aromatic heterocycles. The Morgan fingerprint density at radius 1 is 0.846 bits per heavy atom. The highest BCUT2D eigenvalue weighted by Crippen LogP contribution is 2.41. The molecular weight excluding hydrogens is 678 g/mol. The number of nitrogens with zero attached hydrogens (tertiary/aromatic N) is 1. The van der Waals surface area contributed by atoms with Gasteiger partial charge >= 0.3 is 5.97 Å². The molecule has 3 heterocycles. The number of ether oxygens (including phenoxy) is 7. The molecule has 3 saturated heterocycles. The molecule has 0 bridgehead atoms. The lowest BCUT2D eigenvalue weighted by molar-refractivity contribution is -0.319. The van der Waals surface area contributed by atoms with Crippen LogP contribution in [0.15, 0.2) is 0 Å². The Hall–Kier alpha value is -1.30. The molecule has 4 N–H and O–H groups in total. The van der Waals surface area contributed by atoms with Crippen molar-refractivity contribution in [3.63, 3.8) is 0 Å². The minimum absolute atomic E-state index is 0.111. The molecule has 3 rings (SSSR count). The highest BCUT2D eigenvalue weighted by Gasteiger charge is 2.54. The Morgan fingerprint density at radius 2 is 1.44 bits per heavy atom. The van der Waals surface area contributed by atoms with Crippen LogP contribution < -0.4 is 0 Å². The maximum absolute atomic E-state index is 14.2. The van der Waals surface area contributed by atoms with Crippen LogP contribution in [0.1, 0.15) is 94.9 Å². The number of Topliss-reactive ketones (excluding diaryl/α,β-unsaturated/α-hetero) is 1. The van der Waals surface area contributed by atoms with E-state index in [1.54, 1.807) is 48.5 Å². The van der Waals surface area contributed by atoms with Crippen molar-refractivity contribution < 1.29 is 63.2 Å². The zero-order valence-electron chi connectivity index (χ0n) is 33.9. The van der Waals surface area contributed by atoms with Crippen LogP contribution in [0.2, 0.25) is 0 Å². The quantitative estimate of drug-likeness (QED) is 0.266. The van der Waals surface area contributed by atoms with Gasteiger partial charge in [0, 0.05) is 44.4 Å². The molecule has 3 aliphatic heterocycles. The van der Waals surface area contributed by atoms with Gasteiger partial charge in [-0.15, -0.1) is 0 Å². The minimum atomic E-state index is -1.96. The molecule has 52 heavy (non-hydrogen) atoms. The number of cyclic esters (lactones) is 1. The van der Waals surface area contributed by atoms with E-state index in [2.05, 4.69) is 0 Å². The second-order valence-electron chi connectivity index (χ2n) is 16.6. The van der Waals surface area contributed by atoms with Crippen molar-refractivity contribution in [2.24, 2.45) is 23.7 Å². The average Bonchev–Trinajstić information content (AvgIpc) is 3.09. The normalized spacial score (nSPS) is 49.0. The molecule has 3 aliphatic rings. The van der Waals surface area contributed by atoms with E-state index in [9.17, 15) is 30.0 Å². The second kappa shape index (κ2) is 17.7. The fraction of sp³-hybridized carbons (Fsp3) is 0.947. The fourth-order valence-corrected chi connectivity index (χ4v) is 8.58. The van der Waals surface area contributed by atoms with Crippen LogP contribution in [0.25, 0.3) is 0 Å². The van der Waals surface area contributed by atoms with Crippen LogP contribution in [0.3, 0.4) is 0 Å². The highest BCUT2D eigenvalue weighted by molar-refractivity contribution is 5.83. The second-order valence-corrected chi connectivity index (χ2v) is 16.6. The van der Waals surface area contributed by atoms with Gasteiger partial charge in [0.1, 0.15) is 29.7 Å². The summed E-state index contributed by atoms with van der Waals surface area (Å²) in [5.41, 5.74) is -4.24. The van der Waals surface area contributed by atoms with E-state index >= 15 is 0 Å². The van der Waals surface area contributed by atoms with E-state index in [0.29, 0.717) is 6.42 Å². The SMILES string of the molecule is CC[C@H]1OC(=O)[C@H](C)[C@H](O[C@H]2C[C@@](C)(OC)[C@@H](O)[C@H](C)O2)[C@@H](C)[C@@H](O[C@@H]2O[C@H](C)C[C@H](N(C)C)[C@H]2O)[C@@](C)(OC)C[C@@H](C)C(=O)[C@H](C)[C@H](O)[C@]1(C)O. The van der Waals surface area contributed by atoms with E-state index < -0.39 is 102 Å². The Kier molecular flexibility index (Phi) is 15.3. The third-order valence-corrected chi connectivity index (χ3v) is 12.3. The molecule has 0 aromatic carbocycles. The lowest BCUT2D eigenvalue weighted by Gasteiger charge is -2.50. The fourth-order valence-electron chi connectivity index (χ4n) is 8.58. The van der Waals surface area contributed by atoms with Gasteiger partial charge in [-0.1, -0.05) is 27.7 Å². The molecular formula is C38H69NO13. The van der Waals surface area contributed by atoms with E-state index in [0.717, 1.165) is 0 Å². The van der Waals surface area contributed by atoms with E-state index in [4.69, 9.17) is 33.2 Å². The summed E-state index contributed by atoms with van der Waals surface area (Å²) in [4.78, 5) is 30.1. The molecule has 0 saturated carbocycles. The van der Waals surface area contributed by atoms with Crippen LogP contribution in [0.4, 0.5) is 0 Å². The van der Waals surface area contributed by atoms with Crippen molar-refractivity contribution in [1.29, 1.82) is 0 Å². The van der Waals surface area contributed by atoms with Gasteiger partial charge in [0.05, 0.1) is 47.6 Å². The molecule has 3 fully saturated rings. The van der Waals surface area contributed by atoms with Crippen LogP contribution >= 0.6 is 0 Å². The van der Waals surface area contributed by atoms with Gasteiger partial charge in [-0.05, 0) is 74.9 Å². The molecule has 14 heteroatoms. The van der Waals surface area contributed by atoms with Gasteiger partial charge in [-0.3, -0.25) is 9.59 Å². The first-order valence-electron chi connectivity index (χ1n) is 18.9. The van der Waals surface area contributed by atoms with Crippen molar-refractivity contribution in [3.8, 4) is 0 Å². The number of ketones is 1. The number of hydrogen-bond donors (Lipinski definition) is 4. The van der Waals surface area contributed by atoms with Crippen molar-refractivity contribution in [1.82, 2.24) is 4.90 Å². The number of carbonyl (C=O) groups excluding carboxylic acids is 2. The molecule has 0 unspecified atom stereocenters. The van der Waals surface area contributed by atoms with Crippen molar-refractivity contribution in [3.05, 3.63) is 0 Å². The van der Waals surface area contributed by atoms with Crippen molar-refractivity contribution >= 4 is 11.8 Å². The number of methoxy groups -OCH3 is 2. The number of rotatable bonds is 8. The third-order valence-electron chi connectivity index (χ3n) is 12.3. The lowest BCUT2D eigenvalue weighted by atomic mass is 9.74. The average molecular weight is 748 g/mol. The summed E-state index contributed by atoms with van der Waals surface area (Å²) in [6.45, 7) is 17.1. The molecule has 0 radical (unpaired) electrons. The largest absolute Gasteiger partial charge is 0.459 e. The summed E-state index contributed by atoms with van der Waals surface area (Å²) >= 11 is 0. The lowest BCUT2D eigenvalue weighted by Crippen LogP contribution is -2.61. The molecule has 0 aliphatic carbocycles. The minimum Gasteiger partial charge on any atom is -0.459 e. The zero-order chi connectivity index (χ0) is 39.7. The predicted molar refractivity (Wildman–Crippen MR) is 191 cm³/mol. The Bertz CT molecular complexity index is 1190. The molecule has 18 atom stereocenters. The first-order valence-corrected chi connectivity index (χ1v) is 18.9. The van der Waals surface area contributed by atoms with Gasteiger partial charge in [-0.2, -0.15) is 0 Å². The summed E-state index contributed by atoms with van der Waals surface area (Å²) in [6.07, 6.45) is -8.73. The number of esters is 1. The van der Waals surface area contributed by atoms with Gasteiger partial charge < -0.3 is 58.5 Å². The van der Waals surface area contributed by atoms with Crippen LogP contribution in [-0.2, 0) is 42.7 Å². The first-order chi connectivity index (χ1) is 24.0. The summed E-state index contributed by atoms with van der Waals surface area (Å²) in [7, 11) is 6.77. The van der Waals surface area contributed by atoms with Crippen LogP contribution in [0, 0.1) is 23.7 Å². The van der Waals surface area contributed by atoms with E-state index in [1.807, 2.05) is 32.8 Å². The molecule has 304 valence electrons. The van der Waals surface area contributed by atoms with Gasteiger partial charge in [-0.25, -0.2) is 0 Å². The number of carbonyl (C=O) groups is 2. The van der Waals surface area contributed by atoms with Crippen molar-refractivity contribution in [2.75, 3.05) is 28.3 Å². The first kappa shape index (κ1) is 45.1. The van der Waals surface area contributed by atoms with Gasteiger partial charge in [0.2, 0.25) is 0 Å². The molecule has 0 amide bonds. The number of likely N-dealkylation sites (N-methyl/N-ethyl adjacent to an activating group) is 1. The van der Waals surface area contributed by atoms with Gasteiger partial charge in [0.15, 0.2) is 12.6 Å². The summed E-state index contributed by atoms with van der Waals surface area (Å²) < 4.78 is 43.9. The predicted octanol–water partition coefficient (Wildman–Crippen LogP) is 2.44. The smallest absolute Gasteiger partial charge is 0.311 e. The molecule has 14 nitrogen and oxygen atoms in total. The van der Waals surface area contributed by atoms with Crippen molar-refractivity contribution in [2.45, 2.75) is 179 Å². The summed E-state index contributed by atoms with van der Waals surface area (Å²) in [5.74, 6) is -4.47. The number of aliphatic hydroxyl groups excluding tert-OH is 3. The maximum Gasteiger partial charge on any atom is 0.311 e.